The molecule has 1 nitrogen and oxygen atoms in total. The molecule has 0 amide bonds. The standard InChI is InChI=1S/C2H5NS.3ClH.Gd/c1-2(3)4;;;;/h1H3,(H2,3,4);3*1H;/q;;;;+3/p-3. The molecule has 0 aromatic heterocycles. The summed E-state index contributed by atoms with van der Waals surface area (Å²) in [5, 5.41) is 0. The molecule has 0 saturated carbocycles. The van der Waals surface area contributed by atoms with Gasteiger partial charge in [0.15, 0.2) is 0 Å². The fraction of sp³-hybridized carbons (Fsp3) is 0.500. The van der Waals surface area contributed by atoms with E-state index >= 15 is 0 Å². The van der Waals surface area contributed by atoms with E-state index in [1.165, 1.54) is 0 Å². The predicted octanol–water partition coefficient (Wildman–Crippen LogP) is -8.70. The second kappa shape index (κ2) is 23.0. The Kier molecular flexibility index (Phi) is 92.4. The Morgan fingerprint density at radius 1 is 1.25 bits per heavy atom. The van der Waals surface area contributed by atoms with Crippen molar-refractivity contribution in [2.45, 2.75) is 6.92 Å². The van der Waals surface area contributed by atoms with Gasteiger partial charge in [0.25, 0.3) is 0 Å². The van der Waals surface area contributed by atoms with Gasteiger partial charge >= 0.3 is 39.9 Å². The Morgan fingerprint density at radius 3 is 1.25 bits per heavy atom. The van der Waals surface area contributed by atoms with Crippen molar-refractivity contribution in [3.05, 3.63) is 0 Å². The molecular weight excluding hydrogens is 334 g/mol. The fourth-order valence-electron chi connectivity index (χ4n) is 0. The van der Waals surface area contributed by atoms with Gasteiger partial charge in [0.1, 0.15) is 0 Å². The molecule has 0 aromatic rings. The van der Waals surface area contributed by atoms with Crippen molar-refractivity contribution in [2.24, 2.45) is 5.73 Å². The van der Waals surface area contributed by atoms with Crippen LogP contribution in [0.5, 0.6) is 0 Å². The normalized spacial score (nSPS) is 3.12. The first-order valence-electron chi connectivity index (χ1n) is 0.993. The summed E-state index contributed by atoms with van der Waals surface area (Å²) in [5.41, 5.74) is 4.84. The maximum atomic E-state index is 4.84. The Morgan fingerprint density at radius 2 is 1.25 bits per heavy atom. The van der Waals surface area contributed by atoms with Gasteiger partial charge in [-0.15, -0.1) is 0 Å². The summed E-state index contributed by atoms with van der Waals surface area (Å²) in [5.74, 6) is 0. The summed E-state index contributed by atoms with van der Waals surface area (Å²) < 4.78 is 0. The first-order chi connectivity index (χ1) is 1.73. The van der Waals surface area contributed by atoms with E-state index in [0.717, 1.165) is 0 Å². The molecular formula is C2H5Cl3GdNS. The van der Waals surface area contributed by atoms with Gasteiger partial charge in [-0.05, 0) is 6.92 Å². The van der Waals surface area contributed by atoms with Crippen molar-refractivity contribution >= 4 is 17.2 Å². The van der Waals surface area contributed by atoms with Crippen molar-refractivity contribution < 1.29 is 77.2 Å². The molecule has 0 atom stereocenters. The predicted molar refractivity (Wildman–Crippen MR) is 22.5 cm³/mol. The third kappa shape index (κ3) is 93.4. The number of hydrogen-bond donors (Lipinski definition) is 1. The molecule has 0 aromatic carbocycles. The van der Waals surface area contributed by atoms with Gasteiger partial charge in [-0.2, -0.15) is 0 Å². The Balaban J connectivity index is -0.00000000750. The van der Waals surface area contributed by atoms with E-state index < -0.39 is 0 Å². The van der Waals surface area contributed by atoms with Gasteiger partial charge in [0.2, 0.25) is 0 Å². The van der Waals surface area contributed by atoms with Crippen LogP contribution in [0, 0.1) is 39.9 Å². The van der Waals surface area contributed by atoms with Crippen LogP contribution in [0.3, 0.4) is 0 Å². The van der Waals surface area contributed by atoms with Crippen molar-refractivity contribution in [1.29, 1.82) is 0 Å². The van der Waals surface area contributed by atoms with E-state index in [-0.39, 0.29) is 77.2 Å². The zero-order valence-electron chi connectivity index (χ0n) is 3.97. The van der Waals surface area contributed by atoms with Crippen LogP contribution in [0.2, 0.25) is 0 Å². The van der Waals surface area contributed by atoms with Gasteiger partial charge in [0, 0.05) is 0 Å². The number of thiocarbonyl (C=S) groups is 1. The molecule has 1 radical (unpaired) electrons. The maximum Gasteiger partial charge on any atom is 3.00 e. The maximum absolute atomic E-state index is 4.84. The van der Waals surface area contributed by atoms with E-state index in [0.29, 0.717) is 4.99 Å². The van der Waals surface area contributed by atoms with E-state index in [4.69, 9.17) is 5.73 Å². The van der Waals surface area contributed by atoms with Crippen LogP contribution in [0.15, 0.2) is 0 Å². The minimum atomic E-state index is 0. The zero-order valence-corrected chi connectivity index (χ0v) is 9.33. The Labute approximate surface area is 105 Å². The molecule has 2 N–H and O–H groups in total. The molecule has 0 bridgehead atoms. The van der Waals surface area contributed by atoms with Gasteiger partial charge < -0.3 is 43.0 Å². The summed E-state index contributed by atoms with van der Waals surface area (Å²) in [6.07, 6.45) is 0. The Hall–Kier alpha value is 2.08. The second-order valence-corrected chi connectivity index (χ2v) is 1.25. The molecule has 0 aliphatic carbocycles. The van der Waals surface area contributed by atoms with Crippen LogP contribution in [0.25, 0.3) is 0 Å². The first kappa shape index (κ1) is 32.2. The molecule has 0 rings (SSSR count). The van der Waals surface area contributed by atoms with Crippen LogP contribution in [0.4, 0.5) is 0 Å². The van der Waals surface area contributed by atoms with E-state index in [1.54, 1.807) is 6.92 Å². The zero-order chi connectivity index (χ0) is 3.58. The molecule has 8 heavy (non-hydrogen) atoms. The van der Waals surface area contributed by atoms with Crippen LogP contribution >= 0.6 is 12.2 Å². The van der Waals surface area contributed by atoms with Gasteiger partial charge in [0.05, 0.1) is 4.99 Å². The molecule has 6 heteroatoms. The first-order valence-corrected chi connectivity index (χ1v) is 1.40. The third-order valence-corrected chi connectivity index (χ3v) is 0. The Bertz CT molecular complexity index is 40.3. The number of rotatable bonds is 0. The molecule has 0 fully saturated rings. The summed E-state index contributed by atoms with van der Waals surface area (Å²) in [4.78, 5) is 0.500. The second-order valence-electron chi connectivity index (χ2n) is 0.611. The number of hydrogen-bond acceptors (Lipinski definition) is 1. The third-order valence-electron chi connectivity index (χ3n) is 0. The van der Waals surface area contributed by atoms with E-state index in [1.807, 2.05) is 0 Å². The molecule has 0 spiro atoms. The van der Waals surface area contributed by atoms with Gasteiger partial charge in [-0.25, -0.2) is 0 Å². The minimum absolute atomic E-state index is 0. The number of nitrogens with two attached hydrogens (primary N) is 1. The molecule has 0 heterocycles. The van der Waals surface area contributed by atoms with Crippen molar-refractivity contribution in [3.8, 4) is 0 Å². The van der Waals surface area contributed by atoms with Crippen molar-refractivity contribution in [1.82, 2.24) is 0 Å². The van der Waals surface area contributed by atoms with Crippen molar-refractivity contribution in [3.63, 3.8) is 0 Å². The van der Waals surface area contributed by atoms with Crippen molar-refractivity contribution in [2.75, 3.05) is 0 Å². The molecule has 0 saturated heterocycles. The van der Waals surface area contributed by atoms with Gasteiger partial charge in [-0.1, -0.05) is 12.2 Å². The van der Waals surface area contributed by atoms with E-state index in [2.05, 4.69) is 12.2 Å². The largest absolute Gasteiger partial charge is 3.00 e. The van der Waals surface area contributed by atoms with Crippen LogP contribution < -0.4 is 43.0 Å². The topological polar surface area (TPSA) is 26.0 Å². The monoisotopic (exact) mass is 338 g/mol. The average molecular weight is 339 g/mol. The van der Waals surface area contributed by atoms with Crippen LogP contribution in [-0.2, 0) is 0 Å². The van der Waals surface area contributed by atoms with Gasteiger partial charge in [-0.3, -0.25) is 0 Å². The van der Waals surface area contributed by atoms with Crippen LogP contribution in [0.1, 0.15) is 6.92 Å². The molecule has 0 aliphatic heterocycles. The van der Waals surface area contributed by atoms with Crippen LogP contribution in [-0.4, -0.2) is 4.99 Å². The fourth-order valence-corrected chi connectivity index (χ4v) is 0. The molecule has 0 unspecified atom stereocenters. The average Bonchev–Trinajstić information content (AvgIpc) is 0.811. The summed E-state index contributed by atoms with van der Waals surface area (Å²) in [6.45, 7) is 1.68. The smallest absolute Gasteiger partial charge is 1.00 e. The molecule has 0 aliphatic rings. The summed E-state index contributed by atoms with van der Waals surface area (Å²) in [7, 11) is 0. The van der Waals surface area contributed by atoms with E-state index in [9.17, 15) is 0 Å². The summed E-state index contributed by atoms with van der Waals surface area (Å²) in [6, 6.07) is 0. The quantitative estimate of drug-likeness (QED) is 0.444. The minimum Gasteiger partial charge on any atom is -1.00 e. The molecule has 53 valence electrons. The number of halogens is 3. The SMILES string of the molecule is CC(N)=S.[Cl-].[Cl-].[Cl-].[Gd+3]. The summed E-state index contributed by atoms with van der Waals surface area (Å²) >= 11 is 4.31.